The van der Waals surface area contributed by atoms with E-state index in [0.717, 1.165) is 13.1 Å². The van der Waals surface area contributed by atoms with Crippen molar-refractivity contribution in [1.82, 2.24) is 10.2 Å². The summed E-state index contributed by atoms with van der Waals surface area (Å²) in [4.78, 5) is 12.6. The van der Waals surface area contributed by atoms with Crippen LogP contribution < -0.4 is 5.32 Å². The summed E-state index contributed by atoms with van der Waals surface area (Å²) >= 11 is 0. The molecule has 2 N–H and O–H groups in total. The van der Waals surface area contributed by atoms with Crippen molar-refractivity contribution in [3.05, 3.63) is 0 Å². The van der Waals surface area contributed by atoms with E-state index in [-0.39, 0.29) is 12.5 Å². The molecule has 0 aromatic carbocycles. The lowest BCUT2D eigenvalue weighted by molar-refractivity contribution is -0.137. The Hall–Kier alpha value is -0.610. The van der Waals surface area contributed by atoms with Gasteiger partial charge in [-0.1, -0.05) is 0 Å². The second-order valence-corrected chi connectivity index (χ2v) is 3.49. The molecule has 0 bridgehead atoms. The molecular formula is C8H16N2O2. The molecule has 1 aliphatic rings. The normalized spacial score (nSPS) is 31.8. The zero-order valence-corrected chi connectivity index (χ0v) is 7.58. The summed E-state index contributed by atoms with van der Waals surface area (Å²) in [6, 6.07) is 0.624. The van der Waals surface area contributed by atoms with Crippen molar-refractivity contribution in [2.75, 3.05) is 20.1 Å². The number of carbonyl (C=O) groups is 1. The van der Waals surface area contributed by atoms with Crippen molar-refractivity contribution in [3.63, 3.8) is 0 Å². The Bertz CT molecular complexity index is 172. The maximum Gasteiger partial charge on any atom is 0.304 e. The Kier molecular flexibility index (Phi) is 3.05. The van der Waals surface area contributed by atoms with Crippen LogP contribution in [0, 0.1) is 0 Å². The Morgan fingerprint density at radius 2 is 2.42 bits per heavy atom. The van der Waals surface area contributed by atoms with E-state index in [1.165, 1.54) is 0 Å². The van der Waals surface area contributed by atoms with E-state index in [1.54, 1.807) is 0 Å². The highest BCUT2D eigenvalue weighted by Crippen LogP contribution is 2.05. The van der Waals surface area contributed by atoms with Gasteiger partial charge in [0.1, 0.15) is 0 Å². The van der Waals surface area contributed by atoms with Crippen LogP contribution in [0.4, 0.5) is 0 Å². The van der Waals surface area contributed by atoms with Gasteiger partial charge in [0.15, 0.2) is 0 Å². The molecule has 0 radical (unpaired) electrons. The van der Waals surface area contributed by atoms with E-state index in [2.05, 4.69) is 17.1 Å². The molecule has 1 heterocycles. The van der Waals surface area contributed by atoms with Gasteiger partial charge in [0.2, 0.25) is 0 Å². The number of aliphatic carboxylic acids is 1. The topological polar surface area (TPSA) is 52.6 Å². The lowest BCUT2D eigenvalue weighted by Gasteiger charge is -2.35. The lowest BCUT2D eigenvalue weighted by Crippen LogP contribution is -2.54. The number of hydrogen-bond donors (Lipinski definition) is 2. The van der Waals surface area contributed by atoms with Crippen LogP contribution in [0.3, 0.4) is 0 Å². The second-order valence-electron chi connectivity index (χ2n) is 3.49. The molecule has 0 saturated carbocycles. The van der Waals surface area contributed by atoms with Crippen molar-refractivity contribution in [2.45, 2.75) is 25.4 Å². The van der Waals surface area contributed by atoms with Crippen LogP contribution in [0.5, 0.6) is 0 Å². The minimum atomic E-state index is -0.726. The van der Waals surface area contributed by atoms with Crippen LogP contribution in [-0.2, 0) is 4.79 Å². The van der Waals surface area contributed by atoms with Gasteiger partial charge in [-0.2, -0.15) is 0 Å². The standard InChI is InChI=1S/C8H16N2O2/c1-6-4-9-7(3-8(11)12)5-10(6)2/h6-7,9H,3-5H2,1-2H3,(H,11,12)/t6-,7-/m0/s1. The van der Waals surface area contributed by atoms with Crippen molar-refractivity contribution >= 4 is 5.97 Å². The number of hydrogen-bond acceptors (Lipinski definition) is 3. The Balaban J connectivity index is 2.35. The third-order valence-corrected chi connectivity index (χ3v) is 2.38. The number of piperazine rings is 1. The van der Waals surface area contributed by atoms with Gasteiger partial charge in [0, 0.05) is 25.2 Å². The number of likely N-dealkylation sites (N-methyl/N-ethyl adjacent to an activating group) is 1. The van der Waals surface area contributed by atoms with Crippen LogP contribution >= 0.6 is 0 Å². The second kappa shape index (κ2) is 3.87. The first-order valence-corrected chi connectivity index (χ1v) is 4.25. The Morgan fingerprint density at radius 1 is 1.75 bits per heavy atom. The summed E-state index contributed by atoms with van der Waals surface area (Å²) in [5.74, 6) is -0.726. The summed E-state index contributed by atoms with van der Waals surface area (Å²) < 4.78 is 0. The SMILES string of the molecule is C[C@H]1CN[C@@H](CC(=O)O)CN1C. The fourth-order valence-corrected chi connectivity index (χ4v) is 1.43. The molecule has 0 amide bonds. The number of rotatable bonds is 2. The first kappa shape index (κ1) is 9.48. The average Bonchev–Trinajstić information content (AvgIpc) is 1.96. The van der Waals surface area contributed by atoms with E-state index in [9.17, 15) is 4.79 Å². The molecule has 0 spiro atoms. The maximum atomic E-state index is 10.4. The van der Waals surface area contributed by atoms with Gasteiger partial charge < -0.3 is 15.3 Å². The molecule has 1 saturated heterocycles. The zero-order chi connectivity index (χ0) is 9.14. The number of carboxylic acids is 1. The molecule has 70 valence electrons. The van der Waals surface area contributed by atoms with Crippen LogP contribution in [0.15, 0.2) is 0 Å². The molecule has 1 aliphatic heterocycles. The molecular weight excluding hydrogens is 156 g/mol. The van der Waals surface area contributed by atoms with E-state index < -0.39 is 5.97 Å². The number of nitrogens with zero attached hydrogens (tertiary/aromatic N) is 1. The molecule has 1 rings (SSSR count). The summed E-state index contributed by atoms with van der Waals surface area (Å²) in [7, 11) is 2.03. The molecule has 4 nitrogen and oxygen atoms in total. The van der Waals surface area contributed by atoms with E-state index in [1.807, 2.05) is 7.05 Å². The quantitative estimate of drug-likeness (QED) is 0.603. The van der Waals surface area contributed by atoms with Crippen LogP contribution in [0.2, 0.25) is 0 Å². The predicted octanol–water partition coefficient (Wildman–Crippen LogP) is -0.247. The predicted molar refractivity (Wildman–Crippen MR) is 46.1 cm³/mol. The number of nitrogens with one attached hydrogen (secondary N) is 1. The molecule has 2 atom stereocenters. The van der Waals surface area contributed by atoms with Gasteiger partial charge in [0.25, 0.3) is 0 Å². The Labute approximate surface area is 72.6 Å². The minimum absolute atomic E-state index is 0.115. The third kappa shape index (κ3) is 2.46. The average molecular weight is 172 g/mol. The molecule has 0 aromatic heterocycles. The summed E-state index contributed by atoms with van der Waals surface area (Å²) in [6.07, 6.45) is 0.219. The molecule has 12 heavy (non-hydrogen) atoms. The lowest BCUT2D eigenvalue weighted by atomic mass is 10.1. The van der Waals surface area contributed by atoms with Crippen LogP contribution in [0.25, 0.3) is 0 Å². The monoisotopic (exact) mass is 172 g/mol. The highest BCUT2D eigenvalue weighted by Gasteiger charge is 2.23. The van der Waals surface area contributed by atoms with Crippen molar-refractivity contribution in [3.8, 4) is 0 Å². The molecule has 0 unspecified atom stereocenters. The molecule has 0 aromatic rings. The highest BCUT2D eigenvalue weighted by molar-refractivity contribution is 5.67. The summed E-state index contributed by atoms with van der Waals surface area (Å²) in [5, 5.41) is 11.8. The largest absolute Gasteiger partial charge is 0.481 e. The molecule has 4 heteroatoms. The third-order valence-electron chi connectivity index (χ3n) is 2.38. The van der Waals surface area contributed by atoms with E-state index >= 15 is 0 Å². The van der Waals surface area contributed by atoms with Crippen molar-refractivity contribution in [2.24, 2.45) is 0 Å². The fraction of sp³-hybridized carbons (Fsp3) is 0.875. The maximum absolute atomic E-state index is 10.4. The first-order valence-electron chi connectivity index (χ1n) is 4.25. The fourth-order valence-electron chi connectivity index (χ4n) is 1.43. The van der Waals surface area contributed by atoms with Gasteiger partial charge in [-0.15, -0.1) is 0 Å². The molecule has 1 fully saturated rings. The smallest absolute Gasteiger partial charge is 0.304 e. The van der Waals surface area contributed by atoms with Gasteiger partial charge in [-0.05, 0) is 14.0 Å². The van der Waals surface area contributed by atoms with Crippen LogP contribution in [0.1, 0.15) is 13.3 Å². The van der Waals surface area contributed by atoms with Gasteiger partial charge >= 0.3 is 5.97 Å². The van der Waals surface area contributed by atoms with Gasteiger partial charge in [-0.3, -0.25) is 4.79 Å². The molecule has 0 aliphatic carbocycles. The Morgan fingerprint density at radius 3 is 2.92 bits per heavy atom. The number of carboxylic acid groups (broad SMARTS) is 1. The summed E-state index contributed by atoms with van der Waals surface area (Å²) in [5.41, 5.74) is 0. The van der Waals surface area contributed by atoms with Crippen molar-refractivity contribution < 1.29 is 9.90 Å². The van der Waals surface area contributed by atoms with Crippen molar-refractivity contribution in [1.29, 1.82) is 0 Å². The van der Waals surface area contributed by atoms with Gasteiger partial charge in [0.05, 0.1) is 6.42 Å². The van der Waals surface area contributed by atoms with Crippen LogP contribution in [-0.4, -0.2) is 48.2 Å². The summed E-state index contributed by atoms with van der Waals surface area (Å²) in [6.45, 7) is 3.84. The minimum Gasteiger partial charge on any atom is -0.481 e. The van der Waals surface area contributed by atoms with E-state index in [0.29, 0.717) is 6.04 Å². The van der Waals surface area contributed by atoms with E-state index in [4.69, 9.17) is 5.11 Å². The first-order chi connectivity index (χ1) is 5.59. The highest BCUT2D eigenvalue weighted by atomic mass is 16.4. The van der Waals surface area contributed by atoms with Gasteiger partial charge in [-0.25, -0.2) is 0 Å². The zero-order valence-electron chi connectivity index (χ0n) is 7.58.